The predicted molar refractivity (Wildman–Crippen MR) is 78.9 cm³/mol. The van der Waals surface area contributed by atoms with E-state index in [4.69, 9.17) is 12.2 Å². The van der Waals surface area contributed by atoms with E-state index in [9.17, 15) is 0 Å². The van der Waals surface area contributed by atoms with E-state index in [0.717, 1.165) is 22.5 Å². The van der Waals surface area contributed by atoms with Crippen molar-refractivity contribution in [2.75, 3.05) is 0 Å². The van der Waals surface area contributed by atoms with Crippen LogP contribution in [-0.4, -0.2) is 19.3 Å². The smallest absolute Gasteiger partial charge is 0.178 e. The van der Waals surface area contributed by atoms with Gasteiger partial charge in [-0.15, -0.1) is 0 Å². The summed E-state index contributed by atoms with van der Waals surface area (Å²) in [5.74, 6) is 0. The topological polar surface area (TPSA) is 38.5 Å². The minimum atomic E-state index is 0.753. The molecule has 3 aromatic rings. The summed E-state index contributed by atoms with van der Waals surface area (Å²) < 4.78 is 4.74. The van der Waals surface area contributed by atoms with E-state index in [1.165, 1.54) is 16.6 Å². The molecule has 2 aromatic heterocycles. The Kier molecular flexibility index (Phi) is 2.78. The Morgan fingerprint density at radius 1 is 1.32 bits per heavy atom. The molecule has 0 aliphatic heterocycles. The maximum Gasteiger partial charge on any atom is 0.178 e. The third-order valence-corrected chi connectivity index (χ3v) is 3.76. The molecule has 1 aromatic carbocycles. The van der Waals surface area contributed by atoms with Gasteiger partial charge >= 0.3 is 0 Å². The van der Waals surface area contributed by atoms with E-state index in [2.05, 4.69) is 33.7 Å². The van der Waals surface area contributed by atoms with Crippen LogP contribution in [0.15, 0.2) is 24.4 Å². The van der Waals surface area contributed by atoms with Crippen LogP contribution in [0, 0.1) is 18.6 Å². The number of nitrogens with zero attached hydrogens (tertiary/aromatic N) is 3. The molecule has 0 aliphatic rings. The third-order valence-electron chi connectivity index (χ3n) is 3.44. The lowest BCUT2D eigenvalue weighted by Gasteiger charge is -2.05. The van der Waals surface area contributed by atoms with Crippen LogP contribution < -0.4 is 0 Å². The van der Waals surface area contributed by atoms with Crippen molar-refractivity contribution in [3.63, 3.8) is 0 Å². The summed E-state index contributed by atoms with van der Waals surface area (Å²) in [7, 11) is 1.94. The second-order valence-electron chi connectivity index (χ2n) is 4.90. The molecule has 3 rings (SSSR count). The molecule has 0 spiro atoms. The fraction of sp³-hybridized carbons (Fsp3) is 0.286. The standard InChI is InChI=1S/C14H16N4S/c1-9-5-4-6-12-13(9)18(14(19)15-12)8-11-7-17(3)16-10(11)2/h4-7H,8H2,1-3H3,(H,15,19). The van der Waals surface area contributed by atoms with Gasteiger partial charge < -0.3 is 9.55 Å². The van der Waals surface area contributed by atoms with Crippen LogP contribution in [0.1, 0.15) is 16.8 Å². The lowest BCUT2D eigenvalue weighted by atomic mass is 10.2. The summed E-state index contributed by atoms with van der Waals surface area (Å²) in [6, 6.07) is 6.21. The van der Waals surface area contributed by atoms with E-state index >= 15 is 0 Å². The van der Waals surface area contributed by atoms with Gasteiger partial charge in [-0.2, -0.15) is 5.10 Å². The van der Waals surface area contributed by atoms with Crippen molar-refractivity contribution >= 4 is 23.3 Å². The van der Waals surface area contributed by atoms with E-state index in [1.54, 1.807) is 0 Å². The summed E-state index contributed by atoms with van der Waals surface area (Å²) in [5, 5.41) is 4.38. The summed E-state index contributed by atoms with van der Waals surface area (Å²) >= 11 is 5.44. The molecule has 98 valence electrons. The van der Waals surface area contributed by atoms with Gasteiger partial charge in [0.2, 0.25) is 0 Å². The number of H-pyrrole nitrogens is 1. The average molecular weight is 272 g/mol. The van der Waals surface area contributed by atoms with Gasteiger partial charge in [0.05, 0.1) is 23.3 Å². The molecule has 5 heteroatoms. The molecule has 0 aliphatic carbocycles. The Balaban J connectivity index is 2.18. The number of fused-ring (bicyclic) bond motifs is 1. The van der Waals surface area contributed by atoms with Crippen molar-refractivity contribution < 1.29 is 0 Å². The zero-order valence-electron chi connectivity index (χ0n) is 11.3. The monoisotopic (exact) mass is 272 g/mol. The highest BCUT2D eigenvalue weighted by Gasteiger charge is 2.10. The van der Waals surface area contributed by atoms with Crippen molar-refractivity contribution in [2.45, 2.75) is 20.4 Å². The molecule has 4 nitrogen and oxygen atoms in total. The Hall–Kier alpha value is -1.88. The number of para-hydroxylation sites is 1. The van der Waals surface area contributed by atoms with Crippen LogP contribution in [0.4, 0.5) is 0 Å². The van der Waals surface area contributed by atoms with Gasteiger partial charge in [-0.25, -0.2) is 0 Å². The minimum Gasteiger partial charge on any atom is -0.331 e. The SMILES string of the molecule is Cc1nn(C)cc1Cn1c(=S)[nH]c2cccc(C)c21. The first-order valence-corrected chi connectivity index (χ1v) is 6.64. The number of imidazole rings is 1. The van der Waals surface area contributed by atoms with E-state index in [-0.39, 0.29) is 0 Å². The Labute approximate surface area is 116 Å². The fourth-order valence-electron chi connectivity index (χ4n) is 2.53. The Morgan fingerprint density at radius 3 is 2.79 bits per heavy atom. The zero-order valence-corrected chi connectivity index (χ0v) is 12.1. The first-order valence-electron chi connectivity index (χ1n) is 6.23. The predicted octanol–water partition coefficient (Wildman–Crippen LogP) is 3.10. The summed E-state index contributed by atoms with van der Waals surface area (Å²) in [6.07, 6.45) is 2.05. The first-order chi connectivity index (χ1) is 9.06. The fourth-order valence-corrected chi connectivity index (χ4v) is 2.79. The second kappa shape index (κ2) is 4.35. The second-order valence-corrected chi connectivity index (χ2v) is 5.29. The maximum atomic E-state index is 5.44. The van der Waals surface area contributed by atoms with Gasteiger partial charge in [0.1, 0.15) is 0 Å². The molecule has 0 fully saturated rings. The molecule has 0 unspecified atom stereocenters. The lowest BCUT2D eigenvalue weighted by molar-refractivity contribution is 0.755. The quantitative estimate of drug-likeness (QED) is 0.728. The van der Waals surface area contributed by atoms with Gasteiger partial charge in [-0.1, -0.05) is 12.1 Å². The number of aromatic amines is 1. The highest BCUT2D eigenvalue weighted by Crippen LogP contribution is 2.20. The summed E-state index contributed by atoms with van der Waals surface area (Å²) in [6.45, 7) is 4.89. The van der Waals surface area contributed by atoms with Crippen LogP contribution in [0.2, 0.25) is 0 Å². The maximum absolute atomic E-state index is 5.44. The van der Waals surface area contributed by atoms with Crippen molar-refractivity contribution in [1.82, 2.24) is 19.3 Å². The average Bonchev–Trinajstić information content (AvgIpc) is 2.82. The van der Waals surface area contributed by atoms with Crippen LogP contribution in [0.5, 0.6) is 0 Å². The highest BCUT2D eigenvalue weighted by atomic mass is 32.1. The minimum absolute atomic E-state index is 0.753. The van der Waals surface area contributed by atoms with Gasteiger partial charge in [0.15, 0.2) is 4.77 Å². The van der Waals surface area contributed by atoms with E-state index in [0.29, 0.717) is 0 Å². The highest BCUT2D eigenvalue weighted by molar-refractivity contribution is 7.71. The summed E-state index contributed by atoms with van der Waals surface area (Å²) in [4.78, 5) is 3.26. The molecular formula is C14H16N4S. The number of aromatic nitrogens is 4. The van der Waals surface area contributed by atoms with Crippen molar-refractivity contribution in [3.05, 3.63) is 46.0 Å². The van der Waals surface area contributed by atoms with Crippen molar-refractivity contribution in [2.24, 2.45) is 7.05 Å². The van der Waals surface area contributed by atoms with Crippen molar-refractivity contribution in [1.29, 1.82) is 0 Å². The molecule has 0 amide bonds. The first kappa shape index (κ1) is 12.2. The summed E-state index contributed by atoms with van der Waals surface area (Å²) in [5.41, 5.74) is 5.74. The largest absolute Gasteiger partial charge is 0.331 e. The molecule has 0 radical (unpaired) electrons. The molecule has 0 saturated heterocycles. The number of benzene rings is 1. The Morgan fingerprint density at radius 2 is 2.11 bits per heavy atom. The molecular weight excluding hydrogens is 256 g/mol. The van der Waals surface area contributed by atoms with Crippen LogP contribution >= 0.6 is 12.2 Å². The number of aryl methyl sites for hydroxylation is 3. The number of hydrogen-bond acceptors (Lipinski definition) is 2. The number of hydrogen-bond donors (Lipinski definition) is 1. The molecule has 0 bridgehead atoms. The van der Waals surface area contributed by atoms with E-state index in [1.807, 2.05) is 30.9 Å². The number of nitrogens with one attached hydrogen (secondary N) is 1. The Bertz CT molecular complexity index is 807. The van der Waals surface area contributed by atoms with Crippen molar-refractivity contribution in [3.8, 4) is 0 Å². The molecule has 19 heavy (non-hydrogen) atoms. The van der Waals surface area contributed by atoms with Gasteiger partial charge in [0.25, 0.3) is 0 Å². The van der Waals surface area contributed by atoms with Crippen LogP contribution in [0.25, 0.3) is 11.0 Å². The molecule has 2 heterocycles. The van der Waals surface area contributed by atoms with Crippen LogP contribution in [0.3, 0.4) is 0 Å². The van der Waals surface area contributed by atoms with Gasteiger partial charge in [0, 0.05) is 18.8 Å². The normalized spacial score (nSPS) is 11.3. The van der Waals surface area contributed by atoms with Gasteiger partial charge in [-0.3, -0.25) is 4.68 Å². The van der Waals surface area contributed by atoms with Crippen LogP contribution in [-0.2, 0) is 13.6 Å². The van der Waals surface area contributed by atoms with E-state index < -0.39 is 0 Å². The molecule has 0 atom stereocenters. The molecule has 0 saturated carbocycles. The van der Waals surface area contributed by atoms with Gasteiger partial charge in [-0.05, 0) is 37.7 Å². The number of rotatable bonds is 2. The zero-order chi connectivity index (χ0) is 13.6. The molecule has 1 N–H and O–H groups in total. The lowest BCUT2D eigenvalue weighted by Crippen LogP contribution is -2.01. The third kappa shape index (κ3) is 2.00.